The van der Waals surface area contributed by atoms with E-state index in [1.807, 2.05) is 25.3 Å². The molecular formula is C22H18ClN3O4. The molecule has 2 aliphatic heterocycles. The van der Waals surface area contributed by atoms with Gasteiger partial charge in [-0.15, -0.1) is 0 Å². The summed E-state index contributed by atoms with van der Waals surface area (Å²) in [6.07, 6.45) is 3.46. The summed E-state index contributed by atoms with van der Waals surface area (Å²) < 4.78 is 5.22. The van der Waals surface area contributed by atoms with Crippen LogP contribution >= 0.6 is 11.6 Å². The van der Waals surface area contributed by atoms with Crippen molar-refractivity contribution < 1.29 is 14.5 Å². The van der Waals surface area contributed by atoms with Crippen LogP contribution in [-0.4, -0.2) is 23.8 Å². The summed E-state index contributed by atoms with van der Waals surface area (Å²) in [5.74, 6) is -0.641. The molecule has 0 radical (unpaired) electrons. The minimum absolute atomic E-state index is 0.0161. The number of carbonyl (C=O) groups excluding carboxylic acids is 1. The highest BCUT2D eigenvalue weighted by Crippen LogP contribution is 2.46. The van der Waals surface area contributed by atoms with Crippen molar-refractivity contribution in [1.29, 1.82) is 0 Å². The van der Waals surface area contributed by atoms with Crippen molar-refractivity contribution in [2.24, 2.45) is 4.99 Å². The molecule has 30 heavy (non-hydrogen) atoms. The number of rotatable bonds is 3. The highest BCUT2D eigenvalue weighted by atomic mass is 35.5. The zero-order valence-corrected chi connectivity index (χ0v) is 17.3. The monoisotopic (exact) mass is 423 g/mol. The number of allylic oxidation sites excluding steroid dienone is 3. The number of fused-ring (bicyclic) bond motifs is 1. The van der Waals surface area contributed by atoms with Crippen molar-refractivity contribution in [1.82, 2.24) is 0 Å². The van der Waals surface area contributed by atoms with E-state index in [9.17, 15) is 14.9 Å². The van der Waals surface area contributed by atoms with Crippen molar-refractivity contribution in [2.75, 3.05) is 11.9 Å². The Labute approximate surface area is 178 Å². The average molecular weight is 424 g/mol. The van der Waals surface area contributed by atoms with Crippen LogP contribution in [0, 0.1) is 10.1 Å². The number of halogens is 1. The number of nitro benzene ring substituents is 1. The van der Waals surface area contributed by atoms with Gasteiger partial charge in [0.2, 0.25) is 5.90 Å². The van der Waals surface area contributed by atoms with E-state index in [1.54, 1.807) is 6.08 Å². The molecule has 0 amide bonds. The predicted molar refractivity (Wildman–Crippen MR) is 115 cm³/mol. The van der Waals surface area contributed by atoms with Gasteiger partial charge in [-0.3, -0.25) is 10.1 Å². The second-order valence-corrected chi connectivity index (χ2v) is 8.00. The fourth-order valence-corrected chi connectivity index (χ4v) is 4.04. The quantitative estimate of drug-likeness (QED) is 0.308. The zero-order chi connectivity index (χ0) is 21.6. The molecule has 2 aromatic rings. The Morgan fingerprint density at radius 3 is 2.63 bits per heavy atom. The van der Waals surface area contributed by atoms with Crippen LogP contribution in [0.3, 0.4) is 0 Å². The summed E-state index contributed by atoms with van der Waals surface area (Å²) in [5, 5.41) is 11.2. The van der Waals surface area contributed by atoms with Gasteiger partial charge in [0.05, 0.1) is 4.92 Å². The molecule has 2 aromatic carbocycles. The molecule has 0 fully saturated rings. The Morgan fingerprint density at radius 2 is 1.93 bits per heavy atom. The first-order valence-corrected chi connectivity index (χ1v) is 9.58. The molecule has 152 valence electrons. The molecule has 2 heterocycles. The molecule has 8 heteroatoms. The molecule has 4 rings (SSSR count). The first-order chi connectivity index (χ1) is 14.2. The maximum Gasteiger partial charge on any atom is 0.363 e. The first kappa shape index (κ1) is 19.8. The van der Waals surface area contributed by atoms with E-state index in [4.69, 9.17) is 16.3 Å². The lowest BCUT2D eigenvalue weighted by Crippen LogP contribution is -2.22. The molecule has 0 bridgehead atoms. The van der Waals surface area contributed by atoms with E-state index in [0.717, 1.165) is 11.4 Å². The second kappa shape index (κ2) is 7.11. The predicted octanol–water partition coefficient (Wildman–Crippen LogP) is 4.75. The maximum atomic E-state index is 12.3. The molecule has 0 atom stereocenters. The number of benzene rings is 2. The van der Waals surface area contributed by atoms with Crippen LogP contribution in [0.4, 0.5) is 11.4 Å². The summed E-state index contributed by atoms with van der Waals surface area (Å²) in [4.78, 5) is 29.1. The molecule has 7 nitrogen and oxygen atoms in total. The van der Waals surface area contributed by atoms with Crippen LogP contribution in [0.1, 0.15) is 25.0 Å². The molecule has 0 spiro atoms. The van der Waals surface area contributed by atoms with Crippen molar-refractivity contribution in [3.05, 3.63) is 92.3 Å². The Hall–Kier alpha value is -3.45. The minimum atomic E-state index is -0.625. The smallest absolute Gasteiger partial charge is 0.363 e. The van der Waals surface area contributed by atoms with Crippen molar-refractivity contribution in [3.8, 4) is 0 Å². The number of esters is 1. The fraction of sp³-hybridized carbons (Fsp3) is 0.182. The highest BCUT2D eigenvalue weighted by molar-refractivity contribution is 6.31. The fourth-order valence-electron chi connectivity index (χ4n) is 3.81. The summed E-state index contributed by atoms with van der Waals surface area (Å²) in [6.45, 7) is 4.23. The van der Waals surface area contributed by atoms with Gasteiger partial charge in [-0.1, -0.05) is 43.6 Å². The third-order valence-corrected chi connectivity index (χ3v) is 5.52. The molecule has 0 aromatic heterocycles. The number of carbonyl (C=O) groups is 1. The van der Waals surface area contributed by atoms with E-state index in [1.165, 1.54) is 23.8 Å². The number of aliphatic imine (C=N–C) groups is 1. The standard InChI is InChI=1S/C22H18ClN3O4/c1-22(2)16-6-4-5-7-18(16)25(3)19(22)9-8-17-21(27)30-20(24-17)13-10-14(23)12-15(11-13)26(28)29/h4-12H,1-3H3. The van der Waals surface area contributed by atoms with Gasteiger partial charge in [0.15, 0.2) is 5.70 Å². The summed E-state index contributed by atoms with van der Waals surface area (Å²) in [7, 11) is 1.98. The van der Waals surface area contributed by atoms with Gasteiger partial charge in [-0.05, 0) is 29.8 Å². The van der Waals surface area contributed by atoms with Gasteiger partial charge in [0, 0.05) is 46.6 Å². The number of para-hydroxylation sites is 1. The minimum Gasteiger partial charge on any atom is -0.402 e. The van der Waals surface area contributed by atoms with Crippen molar-refractivity contribution in [3.63, 3.8) is 0 Å². The van der Waals surface area contributed by atoms with Crippen LogP contribution in [-0.2, 0) is 14.9 Å². The van der Waals surface area contributed by atoms with Crippen molar-refractivity contribution in [2.45, 2.75) is 19.3 Å². The molecule has 2 aliphatic rings. The van der Waals surface area contributed by atoms with Gasteiger partial charge in [-0.25, -0.2) is 9.79 Å². The normalized spacial score (nSPS) is 19.8. The molecule has 0 saturated carbocycles. The van der Waals surface area contributed by atoms with Gasteiger partial charge in [0.25, 0.3) is 5.69 Å². The molecule has 0 N–H and O–H groups in total. The van der Waals surface area contributed by atoms with E-state index in [2.05, 4.69) is 35.9 Å². The van der Waals surface area contributed by atoms with Gasteiger partial charge < -0.3 is 9.64 Å². The van der Waals surface area contributed by atoms with Crippen LogP contribution in [0.15, 0.2) is 71.0 Å². The van der Waals surface area contributed by atoms with Crippen LogP contribution in [0.25, 0.3) is 0 Å². The van der Waals surface area contributed by atoms with E-state index in [0.29, 0.717) is 0 Å². The topological polar surface area (TPSA) is 85.0 Å². The third-order valence-electron chi connectivity index (χ3n) is 5.30. The number of non-ortho nitro benzene ring substituents is 1. The van der Waals surface area contributed by atoms with Gasteiger partial charge in [0.1, 0.15) is 0 Å². The Morgan fingerprint density at radius 1 is 1.20 bits per heavy atom. The molecular weight excluding hydrogens is 406 g/mol. The molecule has 0 saturated heterocycles. The molecule has 0 unspecified atom stereocenters. The Kier molecular flexibility index (Phi) is 4.70. The number of anilines is 1. The van der Waals surface area contributed by atoms with Crippen molar-refractivity contribution >= 4 is 34.8 Å². The SMILES string of the molecule is CN1C(=CC=C2N=C(c3cc(Cl)cc([N+](=O)[O-])c3)OC2=O)C(C)(C)c2ccccc21. The van der Waals surface area contributed by atoms with Crippen LogP contribution in [0.5, 0.6) is 0 Å². The summed E-state index contributed by atoms with van der Waals surface area (Å²) in [5.41, 5.74) is 3.24. The zero-order valence-electron chi connectivity index (χ0n) is 16.5. The summed E-state index contributed by atoms with van der Waals surface area (Å²) >= 11 is 5.95. The first-order valence-electron chi connectivity index (χ1n) is 9.20. The van der Waals surface area contributed by atoms with Gasteiger partial charge in [-0.2, -0.15) is 0 Å². The van der Waals surface area contributed by atoms with Crippen LogP contribution < -0.4 is 4.90 Å². The maximum absolute atomic E-state index is 12.3. The van der Waals surface area contributed by atoms with E-state index >= 15 is 0 Å². The Bertz CT molecular complexity index is 1180. The lowest BCUT2D eigenvalue weighted by Gasteiger charge is -2.23. The van der Waals surface area contributed by atoms with E-state index in [-0.39, 0.29) is 33.3 Å². The lowest BCUT2D eigenvalue weighted by atomic mass is 9.84. The summed E-state index contributed by atoms with van der Waals surface area (Å²) in [6, 6.07) is 12.1. The largest absolute Gasteiger partial charge is 0.402 e. The number of cyclic esters (lactones) is 1. The molecule has 0 aliphatic carbocycles. The Balaban J connectivity index is 1.70. The number of likely N-dealkylation sites (N-methyl/N-ethyl adjacent to an activating group) is 1. The number of nitrogens with zero attached hydrogens (tertiary/aromatic N) is 3. The van der Waals surface area contributed by atoms with E-state index < -0.39 is 10.9 Å². The number of hydrogen-bond donors (Lipinski definition) is 0. The second-order valence-electron chi connectivity index (χ2n) is 7.57. The lowest BCUT2D eigenvalue weighted by molar-refractivity contribution is -0.384. The average Bonchev–Trinajstić information content (AvgIpc) is 3.16. The number of hydrogen-bond acceptors (Lipinski definition) is 6. The third kappa shape index (κ3) is 3.27. The van der Waals surface area contributed by atoms with Crippen LogP contribution in [0.2, 0.25) is 5.02 Å². The van der Waals surface area contributed by atoms with Gasteiger partial charge >= 0.3 is 5.97 Å². The number of ether oxygens (including phenoxy) is 1. The number of nitro groups is 1. The highest BCUT2D eigenvalue weighted by Gasteiger charge is 2.38.